The van der Waals surface area contributed by atoms with E-state index < -0.39 is 17.2 Å². The molecule has 10 heteroatoms. The van der Waals surface area contributed by atoms with E-state index in [-0.39, 0.29) is 24.9 Å². The molecule has 0 radical (unpaired) electrons. The average molecular weight is 529 g/mol. The Bertz CT molecular complexity index is 1670. The number of carbonyl (C=O) groups excluding carboxylic acids is 2. The van der Waals surface area contributed by atoms with Crippen molar-refractivity contribution in [3.8, 4) is 17.2 Å². The first-order chi connectivity index (χ1) is 18.8. The molecule has 0 saturated carbocycles. The van der Waals surface area contributed by atoms with Crippen LogP contribution in [0.1, 0.15) is 19.4 Å². The summed E-state index contributed by atoms with van der Waals surface area (Å²) in [7, 11) is 0. The van der Waals surface area contributed by atoms with Crippen LogP contribution in [-0.4, -0.2) is 40.2 Å². The van der Waals surface area contributed by atoms with Gasteiger partial charge in [-0.3, -0.25) is 19.0 Å². The second-order valence-electron chi connectivity index (χ2n) is 9.50. The molecule has 3 aromatic carbocycles. The van der Waals surface area contributed by atoms with Gasteiger partial charge in [-0.15, -0.1) is 0 Å². The van der Waals surface area contributed by atoms with Crippen LogP contribution in [0.3, 0.4) is 0 Å². The van der Waals surface area contributed by atoms with Crippen LogP contribution in [0.4, 0.5) is 5.69 Å². The Kier molecular flexibility index (Phi) is 7.18. The molecule has 1 aromatic heterocycles. The molecule has 1 aliphatic rings. The molecule has 2 N–H and O–H groups in total. The summed E-state index contributed by atoms with van der Waals surface area (Å²) in [6.07, 6.45) is 0.176. The van der Waals surface area contributed by atoms with E-state index in [1.807, 2.05) is 13.8 Å². The standard InChI is InChI=1S/C29H28N4O6/c1-18(2)30-26(34)15-19-7-10-21(11-8-19)33-28(36)22-5-3-4-6-23(22)32(29(33)37)17-27(35)31-20-9-12-24-25(16-20)39-14-13-38-24/h3-12,16,18H,13-15,17H2,1-2H3,(H,30,34)(H,31,35). The fraction of sp³-hybridized carbons (Fsp3) is 0.241. The molecule has 2 heterocycles. The molecule has 0 saturated heterocycles. The molecule has 4 aromatic rings. The van der Waals surface area contributed by atoms with Crippen LogP contribution in [0.2, 0.25) is 0 Å². The number of aromatic nitrogens is 2. The summed E-state index contributed by atoms with van der Waals surface area (Å²) in [5.74, 6) is 0.558. The lowest BCUT2D eigenvalue weighted by Crippen LogP contribution is -2.40. The highest BCUT2D eigenvalue weighted by Crippen LogP contribution is 2.32. The summed E-state index contributed by atoms with van der Waals surface area (Å²) in [6, 6.07) is 18.4. The highest BCUT2D eigenvalue weighted by atomic mass is 16.6. The molecule has 0 bridgehead atoms. The quantitative estimate of drug-likeness (QED) is 0.381. The van der Waals surface area contributed by atoms with E-state index in [9.17, 15) is 19.2 Å². The molecule has 0 atom stereocenters. The Balaban J connectivity index is 1.46. The lowest BCUT2D eigenvalue weighted by Gasteiger charge is -2.19. The fourth-order valence-electron chi connectivity index (χ4n) is 4.49. The summed E-state index contributed by atoms with van der Waals surface area (Å²) in [5.41, 5.74) is 0.774. The largest absolute Gasteiger partial charge is 0.486 e. The fourth-order valence-corrected chi connectivity index (χ4v) is 4.49. The van der Waals surface area contributed by atoms with Gasteiger partial charge in [0, 0.05) is 17.8 Å². The lowest BCUT2D eigenvalue weighted by molar-refractivity contribution is -0.121. The number of carbonyl (C=O) groups is 2. The van der Waals surface area contributed by atoms with E-state index in [1.54, 1.807) is 66.7 Å². The normalized spacial score (nSPS) is 12.4. The SMILES string of the molecule is CC(C)NC(=O)Cc1ccc(-n2c(=O)c3ccccc3n(CC(=O)Nc3ccc4c(c3)OCCO4)c2=O)cc1. The van der Waals surface area contributed by atoms with Crippen molar-refractivity contribution in [1.82, 2.24) is 14.5 Å². The predicted octanol–water partition coefficient (Wildman–Crippen LogP) is 2.63. The van der Waals surface area contributed by atoms with Crippen molar-refractivity contribution >= 4 is 28.4 Å². The van der Waals surface area contributed by atoms with Gasteiger partial charge in [-0.1, -0.05) is 24.3 Å². The zero-order chi connectivity index (χ0) is 27.5. The van der Waals surface area contributed by atoms with E-state index in [2.05, 4.69) is 10.6 Å². The molecule has 0 spiro atoms. The minimum absolute atomic E-state index is 0.0261. The number of hydrogen-bond donors (Lipinski definition) is 2. The number of amides is 2. The Morgan fingerprint density at radius 3 is 2.36 bits per heavy atom. The molecule has 1 aliphatic heterocycles. The van der Waals surface area contributed by atoms with E-state index in [4.69, 9.17) is 9.47 Å². The molecule has 200 valence electrons. The monoisotopic (exact) mass is 528 g/mol. The van der Waals surface area contributed by atoms with E-state index in [0.717, 1.165) is 10.1 Å². The maximum Gasteiger partial charge on any atom is 0.336 e. The van der Waals surface area contributed by atoms with Gasteiger partial charge >= 0.3 is 5.69 Å². The number of ether oxygens (including phenoxy) is 2. The first-order valence-corrected chi connectivity index (χ1v) is 12.6. The van der Waals surface area contributed by atoms with Crippen molar-refractivity contribution < 1.29 is 19.1 Å². The van der Waals surface area contributed by atoms with Gasteiger partial charge in [0.1, 0.15) is 19.8 Å². The third-order valence-corrected chi connectivity index (χ3v) is 6.19. The van der Waals surface area contributed by atoms with Crippen molar-refractivity contribution in [3.05, 3.63) is 93.1 Å². The maximum absolute atomic E-state index is 13.6. The lowest BCUT2D eigenvalue weighted by atomic mass is 10.1. The predicted molar refractivity (Wildman–Crippen MR) is 147 cm³/mol. The summed E-state index contributed by atoms with van der Waals surface area (Å²) in [6.45, 7) is 4.32. The third-order valence-electron chi connectivity index (χ3n) is 6.19. The first kappa shape index (κ1) is 25.8. The first-order valence-electron chi connectivity index (χ1n) is 12.6. The van der Waals surface area contributed by atoms with Crippen LogP contribution in [0, 0.1) is 0 Å². The van der Waals surface area contributed by atoms with Gasteiger partial charge in [0.2, 0.25) is 11.8 Å². The number of anilines is 1. The van der Waals surface area contributed by atoms with E-state index >= 15 is 0 Å². The van der Waals surface area contributed by atoms with E-state index in [0.29, 0.717) is 47.0 Å². The summed E-state index contributed by atoms with van der Waals surface area (Å²) in [5, 5.41) is 5.92. The zero-order valence-corrected chi connectivity index (χ0v) is 21.6. The second kappa shape index (κ2) is 10.9. The molecule has 10 nitrogen and oxygen atoms in total. The topological polar surface area (TPSA) is 121 Å². The molecule has 39 heavy (non-hydrogen) atoms. The number of para-hydroxylation sites is 1. The average Bonchev–Trinajstić information content (AvgIpc) is 2.91. The summed E-state index contributed by atoms with van der Waals surface area (Å²) in [4.78, 5) is 52.1. The number of benzene rings is 3. The van der Waals surface area contributed by atoms with Crippen LogP contribution in [0.25, 0.3) is 16.6 Å². The smallest absolute Gasteiger partial charge is 0.336 e. The van der Waals surface area contributed by atoms with Crippen molar-refractivity contribution in [1.29, 1.82) is 0 Å². The van der Waals surface area contributed by atoms with Gasteiger partial charge in [-0.25, -0.2) is 9.36 Å². The van der Waals surface area contributed by atoms with Crippen molar-refractivity contribution in [2.24, 2.45) is 0 Å². The molecular weight excluding hydrogens is 500 g/mol. The Labute approximate surface area is 223 Å². The number of nitrogens with zero attached hydrogens (tertiary/aromatic N) is 2. The van der Waals surface area contributed by atoms with Crippen LogP contribution >= 0.6 is 0 Å². The molecular formula is C29H28N4O6. The number of nitrogens with one attached hydrogen (secondary N) is 2. The van der Waals surface area contributed by atoms with Crippen LogP contribution < -0.4 is 31.4 Å². The molecule has 0 unspecified atom stereocenters. The molecule has 0 aliphatic carbocycles. The highest BCUT2D eigenvalue weighted by Gasteiger charge is 2.18. The molecule has 5 rings (SSSR count). The van der Waals surface area contributed by atoms with Crippen LogP contribution in [0.15, 0.2) is 76.3 Å². The van der Waals surface area contributed by atoms with Crippen LogP contribution in [0.5, 0.6) is 11.5 Å². The Hall–Kier alpha value is -4.86. The van der Waals surface area contributed by atoms with E-state index in [1.165, 1.54) is 4.57 Å². The van der Waals surface area contributed by atoms with Gasteiger partial charge in [-0.05, 0) is 55.8 Å². The highest BCUT2D eigenvalue weighted by molar-refractivity contribution is 5.92. The Morgan fingerprint density at radius 1 is 0.897 bits per heavy atom. The van der Waals surface area contributed by atoms with Gasteiger partial charge in [0.15, 0.2) is 11.5 Å². The summed E-state index contributed by atoms with van der Waals surface area (Å²) < 4.78 is 13.4. The number of hydrogen-bond acceptors (Lipinski definition) is 6. The third kappa shape index (κ3) is 5.54. The summed E-state index contributed by atoms with van der Waals surface area (Å²) >= 11 is 0. The van der Waals surface area contributed by atoms with Crippen molar-refractivity contribution in [3.63, 3.8) is 0 Å². The van der Waals surface area contributed by atoms with Gasteiger partial charge in [0.25, 0.3) is 5.56 Å². The minimum Gasteiger partial charge on any atom is -0.486 e. The zero-order valence-electron chi connectivity index (χ0n) is 21.6. The van der Waals surface area contributed by atoms with Crippen LogP contribution in [-0.2, 0) is 22.6 Å². The van der Waals surface area contributed by atoms with Crippen molar-refractivity contribution in [2.45, 2.75) is 32.9 Å². The number of rotatable bonds is 7. The van der Waals surface area contributed by atoms with Gasteiger partial charge in [0.05, 0.1) is 23.0 Å². The van der Waals surface area contributed by atoms with Gasteiger partial charge < -0.3 is 20.1 Å². The van der Waals surface area contributed by atoms with Gasteiger partial charge in [-0.2, -0.15) is 0 Å². The second-order valence-corrected chi connectivity index (χ2v) is 9.50. The Morgan fingerprint density at radius 2 is 1.62 bits per heavy atom. The molecule has 2 amide bonds. The molecule has 0 fully saturated rings. The maximum atomic E-state index is 13.6. The number of fused-ring (bicyclic) bond motifs is 2. The minimum atomic E-state index is -0.652. The van der Waals surface area contributed by atoms with Crippen molar-refractivity contribution in [2.75, 3.05) is 18.5 Å².